The molecule has 0 amide bonds. The third kappa shape index (κ3) is 8.10. The summed E-state index contributed by atoms with van der Waals surface area (Å²) < 4.78 is 0. The third-order valence-corrected chi connectivity index (χ3v) is 1.42. The summed E-state index contributed by atoms with van der Waals surface area (Å²) >= 11 is 0. The number of rotatable bonds is 5. The maximum atomic E-state index is 8.99. The SMILES string of the molecule is CO.NCC(O)CC(O)C(O)CO. The van der Waals surface area contributed by atoms with E-state index in [1.165, 1.54) is 0 Å². The summed E-state index contributed by atoms with van der Waals surface area (Å²) in [5.74, 6) is 0. The fourth-order valence-corrected chi connectivity index (χ4v) is 0.654. The molecule has 0 rings (SSSR count). The fraction of sp³-hybridized carbons (Fsp3) is 1.00. The Balaban J connectivity index is 0. The van der Waals surface area contributed by atoms with Crippen molar-refractivity contribution in [3.8, 4) is 0 Å². The van der Waals surface area contributed by atoms with E-state index in [2.05, 4.69) is 0 Å². The predicted molar refractivity (Wildman–Crippen MR) is 46.9 cm³/mol. The second-order valence-corrected chi connectivity index (χ2v) is 2.44. The van der Waals surface area contributed by atoms with Gasteiger partial charge in [-0.1, -0.05) is 0 Å². The van der Waals surface area contributed by atoms with Crippen LogP contribution in [0.4, 0.5) is 0 Å². The average Bonchev–Trinajstić information content (AvgIpc) is 2.19. The standard InChI is InChI=1S/C6H15NO4.CH4O/c7-2-4(9)1-5(10)6(11)3-8;1-2/h4-6,8-11H,1-3,7H2;2H,1H3. The lowest BCUT2D eigenvalue weighted by atomic mass is 10.1. The zero-order chi connectivity index (χ0) is 10.9. The molecular weight excluding hydrogens is 178 g/mol. The summed E-state index contributed by atoms with van der Waals surface area (Å²) in [6.07, 6.45) is -3.15. The molecule has 3 unspecified atom stereocenters. The van der Waals surface area contributed by atoms with Gasteiger partial charge in [0.2, 0.25) is 0 Å². The zero-order valence-corrected chi connectivity index (χ0v) is 7.67. The van der Waals surface area contributed by atoms with Crippen LogP contribution in [0.2, 0.25) is 0 Å². The van der Waals surface area contributed by atoms with Crippen LogP contribution in [0, 0.1) is 0 Å². The second-order valence-electron chi connectivity index (χ2n) is 2.44. The molecule has 7 N–H and O–H groups in total. The molecule has 0 fully saturated rings. The van der Waals surface area contributed by atoms with Crippen LogP contribution in [0.3, 0.4) is 0 Å². The molecular formula is C7H19NO5. The van der Waals surface area contributed by atoms with Gasteiger partial charge in [0.25, 0.3) is 0 Å². The molecule has 0 heterocycles. The molecule has 0 aromatic carbocycles. The molecule has 0 aromatic heterocycles. The van der Waals surface area contributed by atoms with Crippen LogP contribution in [-0.4, -0.2) is 64.1 Å². The van der Waals surface area contributed by atoms with Crippen molar-refractivity contribution in [3.05, 3.63) is 0 Å². The van der Waals surface area contributed by atoms with E-state index in [-0.39, 0.29) is 13.0 Å². The number of hydrogen-bond acceptors (Lipinski definition) is 6. The highest BCUT2D eigenvalue weighted by atomic mass is 16.4. The van der Waals surface area contributed by atoms with Gasteiger partial charge < -0.3 is 31.3 Å². The van der Waals surface area contributed by atoms with Crippen molar-refractivity contribution in [3.63, 3.8) is 0 Å². The van der Waals surface area contributed by atoms with Gasteiger partial charge in [-0.3, -0.25) is 0 Å². The Morgan fingerprint density at radius 1 is 1.08 bits per heavy atom. The Morgan fingerprint density at radius 2 is 1.54 bits per heavy atom. The zero-order valence-electron chi connectivity index (χ0n) is 7.67. The Bertz CT molecular complexity index is 103. The normalized spacial score (nSPS) is 16.8. The van der Waals surface area contributed by atoms with Gasteiger partial charge in [-0.25, -0.2) is 0 Å². The van der Waals surface area contributed by atoms with Crippen LogP contribution >= 0.6 is 0 Å². The van der Waals surface area contributed by atoms with Gasteiger partial charge in [0.15, 0.2) is 0 Å². The maximum Gasteiger partial charge on any atom is 0.103 e. The van der Waals surface area contributed by atoms with Crippen LogP contribution in [0.15, 0.2) is 0 Å². The molecule has 0 aliphatic rings. The van der Waals surface area contributed by atoms with E-state index in [0.29, 0.717) is 0 Å². The molecule has 0 aliphatic carbocycles. The van der Waals surface area contributed by atoms with Crippen molar-refractivity contribution in [2.24, 2.45) is 5.73 Å². The fourth-order valence-electron chi connectivity index (χ4n) is 0.654. The first-order valence-electron chi connectivity index (χ1n) is 3.91. The molecule has 6 heteroatoms. The average molecular weight is 197 g/mol. The van der Waals surface area contributed by atoms with E-state index < -0.39 is 24.9 Å². The Hall–Kier alpha value is -0.240. The highest BCUT2D eigenvalue weighted by Crippen LogP contribution is 2.01. The summed E-state index contributed by atoms with van der Waals surface area (Å²) in [5.41, 5.74) is 5.06. The smallest absolute Gasteiger partial charge is 0.103 e. The van der Waals surface area contributed by atoms with E-state index in [9.17, 15) is 0 Å². The van der Waals surface area contributed by atoms with Crippen molar-refractivity contribution < 1.29 is 25.5 Å². The van der Waals surface area contributed by atoms with Gasteiger partial charge in [-0.15, -0.1) is 0 Å². The Kier molecular flexibility index (Phi) is 11.5. The van der Waals surface area contributed by atoms with Gasteiger partial charge in [0, 0.05) is 20.1 Å². The highest BCUT2D eigenvalue weighted by Gasteiger charge is 2.17. The largest absolute Gasteiger partial charge is 0.400 e. The van der Waals surface area contributed by atoms with Gasteiger partial charge in [-0.2, -0.15) is 0 Å². The van der Waals surface area contributed by atoms with Crippen LogP contribution in [-0.2, 0) is 0 Å². The summed E-state index contributed by atoms with van der Waals surface area (Å²) in [6.45, 7) is -0.479. The van der Waals surface area contributed by atoms with E-state index in [4.69, 9.17) is 31.3 Å². The van der Waals surface area contributed by atoms with Gasteiger partial charge in [0.05, 0.1) is 18.8 Å². The minimum Gasteiger partial charge on any atom is -0.400 e. The lowest BCUT2D eigenvalue weighted by Crippen LogP contribution is -2.35. The van der Waals surface area contributed by atoms with Crippen molar-refractivity contribution in [1.29, 1.82) is 0 Å². The summed E-state index contributed by atoms with van der Waals surface area (Å²) in [4.78, 5) is 0. The summed E-state index contributed by atoms with van der Waals surface area (Å²) in [5, 5.41) is 42.1. The molecule has 82 valence electrons. The molecule has 0 spiro atoms. The maximum absolute atomic E-state index is 8.99. The van der Waals surface area contributed by atoms with E-state index in [1.807, 2.05) is 0 Å². The molecule has 0 saturated carbocycles. The quantitative estimate of drug-likeness (QED) is 0.279. The third-order valence-electron chi connectivity index (χ3n) is 1.42. The van der Waals surface area contributed by atoms with Gasteiger partial charge in [0.1, 0.15) is 6.10 Å². The molecule has 6 nitrogen and oxygen atoms in total. The van der Waals surface area contributed by atoms with Gasteiger partial charge >= 0.3 is 0 Å². The number of hydrogen-bond donors (Lipinski definition) is 6. The van der Waals surface area contributed by atoms with Crippen LogP contribution in [0.25, 0.3) is 0 Å². The number of aliphatic hydroxyl groups is 5. The number of nitrogens with two attached hydrogens (primary N) is 1. The first-order valence-corrected chi connectivity index (χ1v) is 3.91. The van der Waals surface area contributed by atoms with Gasteiger partial charge in [-0.05, 0) is 0 Å². The Labute approximate surface area is 77.2 Å². The lowest BCUT2D eigenvalue weighted by molar-refractivity contribution is -0.0350. The predicted octanol–water partition coefficient (Wildman–Crippen LogP) is -2.98. The first kappa shape index (κ1) is 15.2. The molecule has 13 heavy (non-hydrogen) atoms. The number of aliphatic hydroxyl groups excluding tert-OH is 5. The second kappa shape index (κ2) is 9.85. The first-order chi connectivity index (χ1) is 6.11. The van der Waals surface area contributed by atoms with E-state index in [1.54, 1.807) is 0 Å². The molecule has 0 radical (unpaired) electrons. The summed E-state index contributed by atoms with van der Waals surface area (Å²) in [7, 11) is 1.00. The molecule has 0 aliphatic heterocycles. The van der Waals surface area contributed by atoms with Crippen LogP contribution in [0.1, 0.15) is 6.42 Å². The Morgan fingerprint density at radius 3 is 1.85 bits per heavy atom. The molecule has 0 aromatic rings. The minimum absolute atomic E-state index is 0.0156. The van der Waals surface area contributed by atoms with Crippen molar-refractivity contribution in [2.75, 3.05) is 20.3 Å². The topological polar surface area (TPSA) is 127 Å². The lowest BCUT2D eigenvalue weighted by Gasteiger charge is -2.17. The van der Waals surface area contributed by atoms with Crippen LogP contribution < -0.4 is 5.73 Å². The van der Waals surface area contributed by atoms with Crippen molar-refractivity contribution in [2.45, 2.75) is 24.7 Å². The molecule has 0 bridgehead atoms. The summed E-state index contributed by atoms with van der Waals surface area (Å²) in [6, 6.07) is 0. The van der Waals surface area contributed by atoms with E-state index in [0.717, 1.165) is 7.11 Å². The van der Waals surface area contributed by atoms with E-state index >= 15 is 0 Å². The van der Waals surface area contributed by atoms with Crippen LogP contribution in [0.5, 0.6) is 0 Å². The van der Waals surface area contributed by atoms with Crippen molar-refractivity contribution >= 4 is 0 Å². The monoisotopic (exact) mass is 197 g/mol. The van der Waals surface area contributed by atoms with Crippen molar-refractivity contribution in [1.82, 2.24) is 0 Å². The minimum atomic E-state index is -1.20. The molecule has 0 saturated heterocycles. The highest BCUT2D eigenvalue weighted by molar-refractivity contribution is 4.70. The molecule has 3 atom stereocenters.